The second kappa shape index (κ2) is 19.0. The number of methoxy groups -OCH3 is 1. The summed E-state index contributed by atoms with van der Waals surface area (Å²) in [6.45, 7) is 5.14. The smallest absolute Gasteiger partial charge is 0.305 e. The highest BCUT2D eigenvalue weighted by atomic mass is 16.7. The normalized spacial score (nSPS) is 33.2. The molecule has 1 spiro atoms. The van der Waals surface area contributed by atoms with Crippen molar-refractivity contribution in [2.45, 2.75) is 134 Å². The van der Waals surface area contributed by atoms with Gasteiger partial charge in [-0.25, -0.2) is 0 Å². The number of nitrogens with zero attached hydrogens (tertiary/aromatic N) is 1. The van der Waals surface area contributed by atoms with E-state index < -0.39 is 66.5 Å². The zero-order chi connectivity index (χ0) is 42.4. The van der Waals surface area contributed by atoms with E-state index in [0.29, 0.717) is 49.7 Å². The Morgan fingerprint density at radius 1 is 0.932 bits per heavy atom. The van der Waals surface area contributed by atoms with Crippen LogP contribution in [0.5, 0.6) is 0 Å². The largest absolute Gasteiger partial charge is 0.481 e. The zero-order valence-electron chi connectivity index (χ0n) is 34.8. The van der Waals surface area contributed by atoms with Crippen molar-refractivity contribution in [3.8, 4) is 0 Å². The molecule has 1 aromatic carbocycles. The Balaban J connectivity index is 1.13. The Labute approximate surface area is 347 Å². The molecule has 5 fully saturated rings. The number of amides is 4. The van der Waals surface area contributed by atoms with Gasteiger partial charge in [0.25, 0.3) is 0 Å². The van der Waals surface area contributed by atoms with E-state index in [9.17, 15) is 29.1 Å². The van der Waals surface area contributed by atoms with Gasteiger partial charge < -0.3 is 52.1 Å². The Kier molecular flexibility index (Phi) is 14.2. The van der Waals surface area contributed by atoms with Crippen LogP contribution in [0.4, 0.5) is 0 Å². The quantitative estimate of drug-likeness (QED) is 0.0725. The average molecular weight is 824 g/mol. The third kappa shape index (κ3) is 9.86. The molecule has 0 aromatic heterocycles. The van der Waals surface area contributed by atoms with E-state index in [2.05, 4.69) is 40.1 Å². The number of aliphatic imine (C=N–C) groups is 1. The van der Waals surface area contributed by atoms with Crippen LogP contribution in [0, 0.1) is 34.5 Å². The van der Waals surface area contributed by atoms with Crippen LogP contribution in [0.2, 0.25) is 0 Å². The van der Waals surface area contributed by atoms with Crippen LogP contribution in [-0.4, -0.2) is 97.5 Å². The van der Waals surface area contributed by atoms with E-state index in [1.165, 1.54) is 0 Å². The molecular formula is C43H65N7O9. The molecule has 0 unspecified atom stereocenters. The van der Waals surface area contributed by atoms with Gasteiger partial charge >= 0.3 is 5.97 Å². The van der Waals surface area contributed by atoms with E-state index in [0.717, 1.165) is 56.9 Å². The van der Waals surface area contributed by atoms with Gasteiger partial charge in [-0.15, -0.1) is 0 Å². The number of fused-ring (bicyclic) bond motifs is 6. The van der Waals surface area contributed by atoms with Gasteiger partial charge in [-0.1, -0.05) is 44.2 Å². The molecule has 16 heteroatoms. The summed E-state index contributed by atoms with van der Waals surface area (Å²) in [7, 11) is 1.82. The minimum atomic E-state index is -1.38. The number of ether oxygens (including phenoxy) is 3. The van der Waals surface area contributed by atoms with Gasteiger partial charge in [-0.05, 0) is 105 Å². The van der Waals surface area contributed by atoms with Crippen molar-refractivity contribution >= 4 is 35.6 Å². The maximum atomic E-state index is 14.4. The molecule has 4 amide bonds. The molecule has 9 N–H and O–H groups in total. The number of hydrogen-bond donors (Lipinski definition) is 7. The number of carbonyl (C=O) groups excluding carboxylic acids is 4. The van der Waals surface area contributed by atoms with Crippen molar-refractivity contribution in [2.75, 3.05) is 26.8 Å². The number of carboxylic acid groups (broad SMARTS) is 1. The summed E-state index contributed by atoms with van der Waals surface area (Å²) in [6.07, 6.45) is 8.93. The molecule has 16 nitrogen and oxygen atoms in total. The second-order valence-corrected chi connectivity index (χ2v) is 17.9. The van der Waals surface area contributed by atoms with E-state index in [1.54, 1.807) is 24.3 Å². The number of carbonyl (C=O) groups is 5. The molecule has 5 aliphatic rings. The fourth-order valence-electron chi connectivity index (χ4n) is 11.5. The predicted molar refractivity (Wildman–Crippen MR) is 218 cm³/mol. The number of guanidine groups is 1. The van der Waals surface area contributed by atoms with Crippen molar-refractivity contribution in [1.82, 2.24) is 21.3 Å². The van der Waals surface area contributed by atoms with Gasteiger partial charge in [0.2, 0.25) is 23.6 Å². The number of nitrogens with two attached hydrogens (primary N) is 2. The van der Waals surface area contributed by atoms with Crippen LogP contribution >= 0.6 is 0 Å². The number of benzene rings is 1. The molecule has 0 bridgehead atoms. The lowest BCUT2D eigenvalue weighted by atomic mass is 9.42. The number of carboxylic acids is 1. The summed E-state index contributed by atoms with van der Waals surface area (Å²) in [6, 6.07) is 6.59. The predicted octanol–water partition coefficient (Wildman–Crippen LogP) is 2.48. The van der Waals surface area contributed by atoms with E-state index in [4.69, 9.17) is 25.7 Å². The van der Waals surface area contributed by atoms with Crippen molar-refractivity contribution in [3.63, 3.8) is 0 Å². The second-order valence-electron chi connectivity index (χ2n) is 17.9. The zero-order valence-corrected chi connectivity index (χ0v) is 34.8. The van der Waals surface area contributed by atoms with E-state index in [1.807, 2.05) is 13.2 Å². The monoisotopic (exact) mass is 823 g/mol. The van der Waals surface area contributed by atoms with Crippen molar-refractivity contribution in [2.24, 2.45) is 51.0 Å². The molecule has 6 rings (SSSR count). The molecule has 3 aliphatic carbocycles. The SMILES string of the molecule is CO[C@H]1CC[C@@]2(C)[C@@H](CC[C@@H]3[C@@H]2CC[C@@]2(C)[C@H]3C[C@H](C(=O)N[C@@H](CCCN=C(N)N)C(=O)NCC(=O)N[C@@H](CC(=O)O)C(=O)NCc3ccccc3)O[C@@]23CCCO3)C1. The highest BCUT2D eigenvalue weighted by Gasteiger charge is 2.67. The highest BCUT2D eigenvalue weighted by Crippen LogP contribution is 2.68. The lowest BCUT2D eigenvalue weighted by molar-refractivity contribution is -0.348. The summed E-state index contributed by atoms with van der Waals surface area (Å²) < 4.78 is 19.2. The van der Waals surface area contributed by atoms with Crippen LogP contribution in [0.3, 0.4) is 0 Å². The Morgan fingerprint density at radius 3 is 2.39 bits per heavy atom. The first-order valence-corrected chi connectivity index (χ1v) is 21.5. The maximum absolute atomic E-state index is 14.4. The molecule has 11 atom stereocenters. The Bertz CT molecular complexity index is 1700. The van der Waals surface area contributed by atoms with Gasteiger partial charge in [0.15, 0.2) is 11.7 Å². The van der Waals surface area contributed by atoms with Crippen molar-refractivity contribution < 1.29 is 43.3 Å². The van der Waals surface area contributed by atoms with Gasteiger partial charge in [-0.2, -0.15) is 0 Å². The fourth-order valence-corrected chi connectivity index (χ4v) is 11.5. The molecule has 0 radical (unpaired) electrons. The topological polar surface area (TPSA) is 246 Å². The maximum Gasteiger partial charge on any atom is 0.305 e. The average Bonchev–Trinajstić information content (AvgIpc) is 3.69. The number of aliphatic carboxylic acids is 1. The van der Waals surface area contributed by atoms with Crippen LogP contribution in [0.15, 0.2) is 35.3 Å². The molecule has 2 heterocycles. The molecule has 2 aliphatic heterocycles. The standard InChI is InChI=1S/C43H65N7O9/c1-41-17-14-28(57-3)21-27(41)12-13-29-30(41)15-18-42(2)31(29)22-34(59-43(42)16-8-20-58-43)39(56)50-32(11-7-19-46-40(44)45)37(54)48-25-35(51)49-33(23-36(52)53)38(55)47-24-26-9-5-4-6-10-26/h4-6,9-10,27-34H,7-8,11-25H2,1-3H3,(H,47,55)(H,48,54)(H,49,51)(H,50,56)(H,52,53)(H4,44,45,46)/t27-,28-,29+,30-,31-,32-,33-,34+,41-,42-,43-/m0/s1. The molecule has 59 heavy (non-hydrogen) atoms. The Morgan fingerprint density at radius 2 is 1.69 bits per heavy atom. The Hall–Kier alpha value is -4.28. The van der Waals surface area contributed by atoms with Crippen LogP contribution < -0.4 is 32.7 Å². The summed E-state index contributed by atoms with van der Waals surface area (Å²) in [5.74, 6) is -3.06. The highest BCUT2D eigenvalue weighted by molar-refractivity contribution is 5.94. The third-order valence-corrected chi connectivity index (χ3v) is 14.6. The van der Waals surface area contributed by atoms with Crippen LogP contribution in [0.1, 0.15) is 103 Å². The van der Waals surface area contributed by atoms with Crippen LogP contribution in [-0.2, 0) is 44.7 Å². The van der Waals surface area contributed by atoms with Crippen molar-refractivity contribution in [1.29, 1.82) is 0 Å². The van der Waals surface area contributed by atoms with E-state index >= 15 is 0 Å². The van der Waals surface area contributed by atoms with Gasteiger partial charge in [0, 0.05) is 32.0 Å². The van der Waals surface area contributed by atoms with E-state index in [-0.39, 0.29) is 42.2 Å². The third-order valence-electron chi connectivity index (χ3n) is 14.6. The first kappa shape index (κ1) is 44.3. The van der Waals surface area contributed by atoms with Gasteiger partial charge in [-0.3, -0.25) is 29.0 Å². The molecule has 3 saturated carbocycles. The summed E-state index contributed by atoms with van der Waals surface area (Å²) in [5.41, 5.74) is 11.8. The van der Waals surface area contributed by atoms with Crippen molar-refractivity contribution in [3.05, 3.63) is 35.9 Å². The molecule has 326 valence electrons. The summed E-state index contributed by atoms with van der Waals surface area (Å²) >= 11 is 0. The van der Waals surface area contributed by atoms with Gasteiger partial charge in [0.1, 0.15) is 18.2 Å². The number of rotatable bonds is 16. The van der Waals surface area contributed by atoms with Crippen LogP contribution in [0.25, 0.3) is 0 Å². The molecular weight excluding hydrogens is 759 g/mol. The summed E-state index contributed by atoms with van der Waals surface area (Å²) in [5, 5.41) is 20.0. The first-order valence-electron chi connectivity index (χ1n) is 21.5. The minimum Gasteiger partial charge on any atom is -0.481 e. The lowest BCUT2D eigenvalue weighted by Crippen LogP contribution is -2.66. The summed E-state index contributed by atoms with van der Waals surface area (Å²) in [4.78, 5) is 69.7. The number of hydrogen-bond acceptors (Lipinski definition) is 9. The number of nitrogens with one attached hydrogen (secondary N) is 4. The molecule has 1 aromatic rings. The molecule has 2 saturated heterocycles. The van der Waals surface area contributed by atoms with Gasteiger partial charge in [0.05, 0.1) is 25.7 Å². The lowest BCUT2D eigenvalue weighted by Gasteiger charge is -2.66. The first-order chi connectivity index (χ1) is 28.2. The minimum absolute atomic E-state index is 0.101. The fraction of sp³-hybridized carbons (Fsp3) is 0.721.